The molecule has 60 valence electrons. The molecule has 0 aliphatic rings. The first-order valence-electron chi connectivity index (χ1n) is 3.96. The third kappa shape index (κ3) is 1.37. The molecule has 1 aromatic heterocycles. The third-order valence-corrected chi connectivity index (χ3v) is 1.92. The highest BCUT2D eigenvalue weighted by molar-refractivity contribution is 5.48. The van der Waals surface area contributed by atoms with E-state index in [-0.39, 0.29) is 0 Å². The Morgan fingerprint density at radius 3 is 2.55 bits per heavy atom. The fourth-order valence-electron chi connectivity index (χ4n) is 1.28. The van der Waals surface area contributed by atoms with Crippen molar-refractivity contribution < 1.29 is 0 Å². The van der Waals surface area contributed by atoms with E-state index in [4.69, 9.17) is 0 Å². The standard InChI is InChI=1S/C10H15N/c1-5-10-9(4)6-7-11(10)8(2)3/h5-8H,1H2,2-4H3. The zero-order chi connectivity index (χ0) is 8.43. The van der Waals surface area contributed by atoms with Crippen molar-refractivity contribution in [3.8, 4) is 0 Å². The van der Waals surface area contributed by atoms with E-state index in [2.05, 4.69) is 44.2 Å². The van der Waals surface area contributed by atoms with Gasteiger partial charge in [0, 0.05) is 17.9 Å². The maximum absolute atomic E-state index is 3.79. The Labute approximate surface area is 68.4 Å². The first-order chi connectivity index (χ1) is 5.16. The summed E-state index contributed by atoms with van der Waals surface area (Å²) in [5.41, 5.74) is 2.54. The second kappa shape index (κ2) is 2.95. The molecule has 1 aromatic rings. The first kappa shape index (κ1) is 8.12. The molecule has 1 heteroatoms. The summed E-state index contributed by atoms with van der Waals surface area (Å²) < 4.78 is 2.22. The van der Waals surface area contributed by atoms with Crippen LogP contribution in [0, 0.1) is 6.92 Å². The van der Waals surface area contributed by atoms with Crippen LogP contribution in [-0.2, 0) is 0 Å². The van der Waals surface area contributed by atoms with E-state index in [1.165, 1.54) is 11.3 Å². The Hall–Kier alpha value is -0.980. The molecule has 0 aliphatic heterocycles. The van der Waals surface area contributed by atoms with Crippen LogP contribution in [0.15, 0.2) is 18.8 Å². The lowest BCUT2D eigenvalue weighted by molar-refractivity contribution is 0.598. The predicted octanol–water partition coefficient (Wildman–Crippen LogP) is 3.02. The van der Waals surface area contributed by atoms with Crippen molar-refractivity contribution in [2.24, 2.45) is 0 Å². The van der Waals surface area contributed by atoms with Crippen LogP contribution >= 0.6 is 0 Å². The average molecular weight is 149 g/mol. The van der Waals surface area contributed by atoms with Gasteiger partial charge in [0.2, 0.25) is 0 Å². The highest BCUT2D eigenvalue weighted by Crippen LogP contribution is 2.16. The topological polar surface area (TPSA) is 4.93 Å². The van der Waals surface area contributed by atoms with Gasteiger partial charge in [0.05, 0.1) is 0 Å². The van der Waals surface area contributed by atoms with Gasteiger partial charge >= 0.3 is 0 Å². The van der Waals surface area contributed by atoms with Crippen LogP contribution in [0.5, 0.6) is 0 Å². The molecule has 11 heavy (non-hydrogen) atoms. The Balaban J connectivity index is 3.15. The normalized spacial score (nSPS) is 10.5. The summed E-state index contributed by atoms with van der Waals surface area (Å²) in [5.74, 6) is 0. The van der Waals surface area contributed by atoms with Gasteiger partial charge in [-0.3, -0.25) is 0 Å². The summed E-state index contributed by atoms with van der Waals surface area (Å²) in [6, 6.07) is 2.65. The van der Waals surface area contributed by atoms with Gasteiger partial charge in [0.15, 0.2) is 0 Å². The lowest BCUT2D eigenvalue weighted by Crippen LogP contribution is -2.00. The van der Waals surface area contributed by atoms with Gasteiger partial charge in [-0.1, -0.05) is 6.58 Å². The van der Waals surface area contributed by atoms with Crippen LogP contribution in [-0.4, -0.2) is 4.57 Å². The molecule has 0 saturated carbocycles. The lowest BCUT2D eigenvalue weighted by Gasteiger charge is -2.10. The molecular weight excluding hydrogens is 134 g/mol. The number of rotatable bonds is 2. The zero-order valence-electron chi connectivity index (χ0n) is 7.46. The maximum Gasteiger partial charge on any atom is 0.0432 e. The minimum absolute atomic E-state index is 0.525. The van der Waals surface area contributed by atoms with E-state index in [1.54, 1.807) is 0 Å². The molecule has 0 aromatic carbocycles. The summed E-state index contributed by atoms with van der Waals surface area (Å²) in [6.07, 6.45) is 4.02. The molecule has 0 atom stereocenters. The summed E-state index contributed by atoms with van der Waals surface area (Å²) in [7, 11) is 0. The smallest absolute Gasteiger partial charge is 0.0432 e. The molecule has 0 spiro atoms. The number of aromatic nitrogens is 1. The second-order valence-corrected chi connectivity index (χ2v) is 3.09. The zero-order valence-corrected chi connectivity index (χ0v) is 7.46. The predicted molar refractivity (Wildman–Crippen MR) is 49.6 cm³/mol. The van der Waals surface area contributed by atoms with Gasteiger partial charge in [0.25, 0.3) is 0 Å². The fourth-order valence-corrected chi connectivity index (χ4v) is 1.28. The van der Waals surface area contributed by atoms with Crippen LogP contribution in [0.1, 0.15) is 31.1 Å². The lowest BCUT2D eigenvalue weighted by atomic mass is 10.2. The number of hydrogen-bond donors (Lipinski definition) is 0. The van der Waals surface area contributed by atoms with E-state index in [0.717, 1.165) is 0 Å². The Bertz CT molecular complexity index is 256. The van der Waals surface area contributed by atoms with Gasteiger partial charge in [-0.25, -0.2) is 0 Å². The molecule has 0 bridgehead atoms. The van der Waals surface area contributed by atoms with Crippen molar-refractivity contribution >= 4 is 6.08 Å². The first-order valence-corrected chi connectivity index (χ1v) is 3.96. The highest BCUT2D eigenvalue weighted by Gasteiger charge is 2.03. The molecule has 1 heterocycles. The van der Waals surface area contributed by atoms with Gasteiger partial charge in [-0.2, -0.15) is 0 Å². The Kier molecular flexibility index (Phi) is 2.18. The van der Waals surface area contributed by atoms with Crippen molar-refractivity contribution in [1.82, 2.24) is 4.57 Å². The van der Waals surface area contributed by atoms with Crippen LogP contribution < -0.4 is 0 Å². The van der Waals surface area contributed by atoms with Gasteiger partial charge in [0.1, 0.15) is 0 Å². The molecule has 1 rings (SSSR count). The van der Waals surface area contributed by atoms with E-state index in [0.29, 0.717) is 6.04 Å². The van der Waals surface area contributed by atoms with Crippen LogP contribution in [0.4, 0.5) is 0 Å². The van der Waals surface area contributed by atoms with Gasteiger partial charge in [-0.05, 0) is 38.5 Å². The van der Waals surface area contributed by atoms with Crippen LogP contribution in [0.2, 0.25) is 0 Å². The molecule has 0 fully saturated rings. The van der Waals surface area contributed by atoms with Crippen molar-refractivity contribution in [2.75, 3.05) is 0 Å². The summed E-state index contributed by atoms with van der Waals surface area (Å²) in [5, 5.41) is 0. The molecule has 1 nitrogen and oxygen atoms in total. The van der Waals surface area contributed by atoms with Crippen LogP contribution in [0.25, 0.3) is 6.08 Å². The molecular formula is C10H15N. The highest BCUT2D eigenvalue weighted by atomic mass is 15.0. The molecule has 0 amide bonds. The van der Waals surface area contributed by atoms with Gasteiger partial charge < -0.3 is 4.57 Å². The largest absolute Gasteiger partial charge is 0.345 e. The Morgan fingerprint density at radius 2 is 2.18 bits per heavy atom. The number of hydrogen-bond acceptors (Lipinski definition) is 0. The molecule has 0 unspecified atom stereocenters. The van der Waals surface area contributed by atoms with Crippen molar-refractivity contribution in [3.63, 3.8) is 0 Å². The quantitative estimate of drug-likeness (QED) is 0.609. The second-order valence-electron chi connectivity index (χ2n) is 3.09. The van der Waals surface area contributed by atoms with Gasteiger partial charge in [-0.15, -0.1) is 0 Å². The third-order valence-electron chi connectivity index (χ3n) is 1.92. The van der Waals surface area contributed by atoms with E-state index >= 15 is 0 Å². The minimum Gasteiger partial charge on any atom is -0.345 e. The van der Waals surface area contributed by atoms with E-state index < -0.39 is 0 Å². The molecule has 0 saturated heterocycles. The minimum atomic E-state index is 0.525. The maximum atomic E-state index is 3.79. The van der Waals surface area contributed by atoms with Crippen molar-refractivity contribution in [2.45, 2.75) is 26.8 Å². The molecule has 0 N–H and O–H groups in total. The van der Waals surface area contributed by atoms with Crippen molar-refractivity contribution in [3.05, 3.63) is 30.1 Å². The van der Waals surface area contributed by atoms with Crippen molar-refractivity contribution in [1.29, 1.82) is 0 Å². The summed E-state index contributed by atoms with van der Waals surface area (Å²) >= 11 is 0. The number of nitrogens with zero attached hydrogens (tertiary/aromatic N) is 1. The summed E-state index contributed by atoms with van der Waals surface area (Å²) in [4.78, 5) is 0. The molecule has 0 radical (unpaired) electrons. The van der Waals surface area contributed by atoms with E-state index in [9.17, 15) is 0 Å². The number of aryl methyl sites for hydroxylation is 1. The summed E-state index contributed by atoms with van der Waals surface area (Å²) in [6.45, 7) is 10.2. The fraction of sp³-hybridized carbons (Fsp3) is 0.400. The average Bonchev–Trinajstić information content (AvgIpc) is 2.30. The Morgan fingerprint density at radius 1 is 1.55 bits per heavy atom. The van der Waals surface area contributed by atoms with E-state index in [1.807, 2.05) is 6.08 Å². The monoisotopic (exact) mass is 149 g/mol. The molecule has 0 aliphatic carbocycles. The SMILES string of the molecule is C=Cc1c(C)ccn1C(C)C. The van der Waals surface area contributed by atoms with Crippen LogP contribution in [0.3, 0.4) is 0 Å².